The zero-order chi connectivity index (χ0) is 13.8. The number of ketones is 1. The minimum atomic E-state index is -0.539. The van der Waals surface area contributed by atoms with E-state index in [1.165, 1.54) is 0 Å². The molecule has 0 unspecified atom stereocenters. The van der Waals surface area contributed by atoms with Crippen molar-refractivity contribution in [3.63, 3.8) is 0 Å². The molecule has 2 nitrogen and oxygen atoms in total. The smallest absolute Gasteiger partial charge is 0.202 e. The normalized spacial score (nSPS) is 11.9. The van der Waals surface area contributed by atoms with Gasteiger partial charge in [0.25, 0.3) is 0 Å². The van der Waals surface area contributed by atoms with Gasteiger partial charge in [-0.1, -0.05) is 27.5 Å². The van der Waals surface area contributed by atoms with Gasteiger partial charge in [0.05, 0.1) is 0 Å². The zero-order valence-corrected chi connectivity index (χ0v) is 12.6. The average Bonchev–Trinajstić information content (AvgIpc) is 2.41. The standard InChI is InChI=1S/C15H12BrClO2/c1-10(19-14-8-4-12(16)5-9-14)15(18)11-2-6-13(17)7-3-11/h2-10H,1H3/t10-/m1/s1. The summed E-state index contributed by atoms with van der Waals surface area (Å²) < 4.78 is 6.58. The Bertz CT molecular complexity index is 564. The number of Topliss-reactive ketones (excluding diaryl/α,β-unsaturated/α-hetero) is 1. The lowest BCUT2D eigenvalue weighted by atomic mass is 10.1. The number of carbonyl (C=O) groups excluding carboxylic acids is 1. The van der Waals surface area contributed by atoms with Gasteiger partial charge in [-0.25, -0.2) is 0 Å². The van der Waals surface area contributed by atoms with Crippen molar-refractivity contribution in [2.45, 2.75) is 13.0 Å². The van der Waals surface area contributed by atoms with Gasteiger partial charge < -0.3 is 4.74 Å². The van der Waals surface area contributed by atoms with Crippen molar-refractivity contribution >= 4 is 33.3 Å². The van der Waals surface area contributed by atoms with Gasteiger partial charge in [0, 0.05) is 15.1 Å². The minimum Gasteiger partial charge on any atom is -0.483 e. The Balaban J connectivity index is 2.07. The van der Waals surface area contributed by atoms with Gasteiger partial charge in [-0.05, 0) is 55.5 Å². The van der Waals surface area contributed by atoms with Gasteiger partial charge in [0.1, 0.15) is 5.75 Å². The van der Waals surface area contributed by atoms with Crippen LogP contribution in [0.25, 0.3) is 0 Å². The number of benzene rings is 2. The lowest BCUT2D eigenvalue weighted by Gasteiger charge is -2.13. The van der Waals surface area contributed by atoms with Gasteiger partial charge >= 0.3 is 0 Å². The molecule has 0 radical (unpaired) electrons. The SMILES string of the molecule is C[C@@H](Oc1ccc(Br)cc1)C(=O)c1ccc(Cl)cc1. The summed E-state index contributed by atoms with van der Waals surface area (Å²) in [5.74, 6) is 0.595. The number of halogens is 2. The van der Waals surface area contributed by atoms with Crippen molar-refractivity contribution in [2.24, 2.45) is 0 Å². The van der Waals surface area contributed by atoms with Crippen LogP contribution in [0.5, 0.6) is 5.75 Å². The van der Waals surface area contributed by atoms with Crippen molar-refractivity contribution in [3.8, 4) is 5.75 Å². The van der Waals surface area contributed by atoms with E-state index in [4.69, 9.17) is 16.3 Å². The molecule has 0 bridgehead atoms. The van der Waals surface area contributed by atoms with Gasteiger partial charge in [0.2, 0.25) is 5.78 Å². The molecular formula is C15H12BrClO2. The van der Waals surface area contributed by atoms with E-state index in [1.54, 1.807) is 31.2 Å². The summed E-state index contributed by atoms with van der Waals surface area (Å²) in [6.07, 6.45) is -0.539. The van der Waals surface area contributed by atoms with Crippen LogP contribution in [0, 0.1) is 0 Å². The molecule has 0 fully saturated rings. The predicted octanol–water partition coefficient (Wildman–Crippen LogP) is 4.75. The Morgan fingerprint density at radius 2 is 1.68 bits per heavy atom. The molecule has 4 heteroatoms. The number of hydrogen-bond donors (Lipinski definition) is 0. The molecule has 19 heavy (non-hydrogen) atoms. The Morgan fingerprint density at radius 1 is 1.11 bits per heavy atom. The van der Waals surface area contributed by atoms with E-state index in [9.17, 15) is 4.79 Å². The molecule has 0 amide bonds. The highest BCUT2D eigenvalue weighted by Crippen LogP contribution is 2.19. The van der Waals surface area contributed by atoms with E-state index < -0.39 is 6.10 Å². The van der Waals surface area contributed by atoms with Crippen LogP contribution < -0.4 is 4.74 Å². The van der Waals surface area contributed by atoms with E-state index in [-0.39, 0.29) is 5.78 Å². The molecule has 0 aromatic heterocycles. The molecule has 0 saturated carbocycles. The van der Waals surface area contributed by atoms with Crippen LogP contribution >= 0.6 is 27.5 Å². The fourth-order valence-corrected chi connectivity index (χ4v) is 2.01. The van der Waals surface area contributed by atoms with Crippen molar-refractivity contribution in [1.29, 1.82) is 0 Å². The maximum absolute atomic E-state index is 12.1. The van der Waals surface area contributed by atoms with Gasteiger partial charge in [-0.15, -0.1) is 0 Å². The summed E-state index contributed by atoms with van der Waals surface area (Å²) in [7, 11) is 0. The Morgan fingerprint density at radius 3 is 2.26 bits per heavy atom. The third kappa shape index (κ3) is 3.82. The van der Waals surface area contributed by atoms with Crippen molar-refractivity contribution < 1.29 is 9.53 Å². The summed E-state index contributed by atoms with van der Waals surface area (Å²) in [6.45, 7) is 1.74. The van der Waals surface area contributed by atoms with Crippen LogP contribution in [0.3, 0.4) is 0 Å². The second-order valence-electron chi connectivity index (χ2n) is 4.09. The summed E-state index contributed by atoms with van der Waals surface area (Å²) in [4.78, 5) is 12.1. The molecule has 0 heterocycles. The molecule has 0 aliphatic carbocycles. The lowest BCUT2D eigenvalue weighted by molar-refractivity contribution is 0.0818. The largest absolute Gasteiger partial charge is 0.483 e. The van der Waals surface area contributed by atoms with Crippen LogP contribution in [0.15, 0.2) is 53.0 Å². The van der Waals surface area contributed by atoms with E-state index in [2.05, 4.69) is 15.9 Å². The number of rotatable bonds is 4. The second-order valence-corrected chi connectivity index (χ2v) is 5.44. The summed E-state index contributed by atoms with van der Waals surface area (Å²) in [6, 6.07) is 14.2. The Kier molecular flexibility index (Phi) is 4.61. The molecule has 2 rings (SSSR count). The highest BCUT2D eigenvalue weighted by molar-refractivity contribution is 9.10. The molecule has 0 aliphatic heterocycles. The molecule has 0 saturated heterocycles. The van der Waals surface area contributed by atoms with Crippen LogP contribution in [-0.2, 0) is 0 Å². The minimum absolute atomic E-state index is 0.0698. The highest BCUT2D eigenvalue weighted by atomic mass is 79.9. The quantitative estimate of drug-likeness (QED) is 0.751. The molecule has 2 aromatic rings. The van der Waals surface area contributed by atoms with Crippen molar-refractivity contribution in [1.82, 2.24) is 0 Å². The average molecular weight is 340 g/mol. The fourth-order valence-electron chi connectivity index (χ4n) is 1.62. The van der Waals surface area contributed by atoms with Gasteiger partial charge in [-0.2, -0.15) is 0 Å². The first-order valence-electron chi connectivity index (χ1n) is 5.78. The first-order chi connectivity index (χ1) is 9.06. The second kappa shape index (κ2) is 6.22. The zero-order valence-electron chi connectivity index (χ0n) is 10.3. The maximum atomic E-state index is 12.1. The third-order valence-electron chi connectivity index (χ3n) is 2.62. The first-order valence-corrected chi connectivity index (χ1v) is 6.95. The maximum Gasteiger partial charge on any atom is 0.202 e. The van der Waals surface area contributed by atoms with E-state index >= 15 is 0 Å². The summed E-state index contributed by atoms with van der Waals surface area (Å²) in [5.41, 5.74) is 0.592. The van der Waals surface area contributed by atoms with Crippen molar-refractivity contribution in [3.05, 3.63) is 63.6 Å². The summed E-state index contributed by atoms with van der Waals surface area (Å²) in [5, 5.41) is 0.609. The van der Waals surface area contributed by atoms with Gasteiger partial charge in [-0.3, -0.25) is 4.79 Å². The molecular weight excluding hydrogens is 328 g/mol. The number of ether oxygens (including phenoxy) is 1. The molecule has 1 atom stereocenters. The van der Waals surface area contributed by atoms with Crippen LogP contribution in [0.1, 0.15) is 17.3 Å². The highest BCUT2D eigenvalue weighted by Gasteiger charge is 2.16. The predicted molar refractivity (Wildman–Crippen MR) is 80.0 cm³/mol. The summed E-state index contributed by atoms with van der Waals surface area (Å²) >= 11 is 9.14. The van der Waals surface area contributed by atoms with E-state index in [0.717, 1.165) is 4.47 Å². The number of carbonyl (C=O) groups is 1. The Hall–Kier alpha value is -1.32. The lowest BCUT2D eigenvalue weighted by Crippen LogP contribution is -2.23. The first kappa shape index (κ1) is 14.1. The van der Waals surface area contributed by atoms with Crippen LogP contribution in [0.4, 0.5) is 0 Å². The Labute approximate surface area is 125 Å². The fraction of sp³-hybridized carbons (Fsp3) is 0.133. The van der Waals surface area contributed by atoms with Gasteiger partial charge in [0.15, 0.2) is 6.10 Å². The third-order valence-corrected chi connectivity index (χ3v) is 3.41. The van der Waals surface area contributed by atoms with Crippen molar-refractivity contribution in [2.75, 3.05) is 0 Å². The molecule has 0 aliphatic rings. The topological polar surface area (TPSA) is 26.3 Å². The van der Waals surface area contributed by atoms with E-state index in [0.29, 0.717) is 16.3 Å². The number of hydrogen-bond acceptors (Lipinski definition) is 2. The molecule has 98 valence electrons. The molecule has 0 N–H and O–H groups in total. The van der Waals surface area contributed by atoms with Crippen LogP contribution in [-0.4, -0.2) is 11.9 Å². The molecule has 2 aromatic carbocycles. The monoisotopic (exact) mass is 338 g/mol. The van der Waals surface area contributed by atoms with E-state index in [1.807, 2.05) is 24.3 Å². The molecule has 0 spiro atoms. The van der Waals surface area contributed by atoms with Crippen LogP contribution in [0.2, 0.25) is 5.02 Å².